The maximum atomic E-state index is 12.7. The van der Waals surface area contributed by atoms with E-state index >= 15 is 0 Å². The number of nitrogens with zero attached hydrogens (tertiary/aromatic N) is 2. The van der Waals surface area contributed by atoms with E-state index in [0.717, 1.165) is 36.6 Å². The molecule has 158 valence electrons. The zero-order chi connectivity index (χ0) is 21.3. The third kappa shape index (κ3) is 3.45. The molecule has 0 amide bonds. The fraction of sp³-hybridized carbons (Fsp3) is 0.417. The lowest BCUT2D eigenvalue weighted by molar-refractivity contribution is 0.0592. The molecule has 1 aromatic carbocycles. The lowest BCUT2D eigenvalue weighted by Crippen LogP contribution is -2.42. The number of hydrogen-bond donors (Lipinski definition) is 0. The second kappa shape index (κ2) is 8.11. The monoisotopic (exact) mass is 408 g/mol. The molecule has 0 bridgehead atoms. The SMILES string of the molecule is COc1ccc([C@@]23CCC(OC(=O)c4cccnc4C)=C[C@@H]2N(C)CC3)cc1OC. The van der Waals surface area contributed by atoms with Crippen molar-refractivity contribution in [2.75, 3.05) is 27.8 Å². The molecule has 0 saturated carbocycles. The topological polar surface area (TPSA) is 60.9 Å². The van der Waals surface area contributed by atoms with Crippen LogP contribution in [-0.4, -0.2) is 49.7 Å². The van der Waals surface area contributed by atoms with E-state index < -0.39 is 0 Å². The molecular formula is C24H28N2O4. The zero-order valence-corrected chi connectivity index (χ0v) is 18.0. The Morgan fingerprint density at radius 2 is 1.97 bits per heavy atom. The number of likely N-dealkylation sites (tertiary alicyclic amines) is 1. The van der Waals surface area contributed by atoms with Crippen molar-refractivity contribution in [3.05, 3.63) is 65.2 Å². The van der Waals surface area contributed by atoms with Crippen LogP contribution in [0.25, 0.3) is 0 Å². The van der Waals surface area contributed by atoms with Crippen molar-refractivity contribution >= 4 is 5.97 Å². The molecule has 4 rings (SSSR count). The number of carbonyl (C=O) groups is 1. The van der Waals surface area contributed by atoms with Gasteiger partial charge in [0.15, 0.2) is 11.5 Å². The highest BCUT2D eigenvalue weighted by atomic mass is 16.5. The molecule has 0 radical (unpaired) electrons. The number of esters is 1. The van der Waals surface area contributed by atoms with Crippen molar-refractivity contribution in [1.82, 2.24) is 9.88 Å². The summed E-state index contributed by atoms with van der Waals surface area (Å²) in [5.41, 5.74) is 2.39. The van der Waals surface area contributed by atoms with E-state index in [0.29, 0.717) is 17.7 Å². The minimum Gasteiger partial charge on any atom is -0.493 e. The van der Waals surface area contributed by atoms with Gasteiger partial charge in [0.2, 0.25) is 0 Å². The van der Waals surface area contributed by atoms with Crippen molar-refractivity contribution in [3.8, 4) is 11.5 Å². The summed E-state index contributed by atoms with van der Waals surface area (Å²) in [4.78, 5) is 19.2. The van der Waals surface area contributed by atoms with Crippen LogP contribution in [0, 0.1) is 6.92 Å². The lowest BCUT2D eigenvalue weighted by Gasteiger charge is -2.40. The Morgan fingerprint density at radius 3 is 2.70 bits per heavy atom. The molecule has 0 spiro atoms. The summed E-state index contributed by atoms with van der Waals surface area (Å²) in [5, 5.41) is 0. The number of rotatable bonds is 5. The van der Waals surface area contributed by atoms with Gasteiger partial charge in [-0.25, -0.2) is 4.79 Å². The van der Waals surface area contributed by atoms with Crippen LogP contribution in [0.3, 0.4) is 0 Å². The van der Waals surface area contributed by atoms with Crippen LogP contribution in [0.15, 0.2) is 48.4 Å². The third-order valence-electron chi connectivity index (χ3n) is 6.52. The second-order valence-corrected chi connectivity index (χ2v) is 8.06. The highest BCUT2D eigenvalue weighted by molar-refractivity contribution is 5.91. The first-order valence-electron chi connectivity index (χ1n) is 10.3. The fourth-order valence-corrected chi connectivity index (χ4v) is 4.81. The number of pyridine rings is 1. The Bertz CT molecular complexity index is 987. The maximum absolute atomic E-state index is 12.7. The molecule has 2 atom stereocenters. The van der Waals surface area contributed by atoms with Gasteiger partial charge in [0.1, 0.15) is 5.76 Å². The lowest BCUT2D eigenvalue weighted by atomic mass is 9.68. The predicted octanol–water partition coefficient (Wildman–Crippen LogP) is 3.88. The Balaban J connectivity index is 1.63. The summed E-state index contributed by atoms with van der Waals surface area (Å²) in [7, 11) is 5.44. The standard InChI is InChI=1S/C24H28N2O4/c1-16-19(6-5-12-25-16)23(27)30-18-9-10-24(11-13-26(2)22(24)15-18)17-7-8-20(28-3)21(14-17)29-4/h5-8,12,14-15,22H,9-11,13H2,1-4H3/t22-,24-/m0/s1. The highest BCUT2D eigenvalue weighted by Gasteiger charge is 2.48. The van der Waals surface area contributed by atoms with Crippen molar-refractivity contribution in [2.45, 2.75) is 37.6 Å². The van der Waals surface area contributed by atoms with Crippen molar-refractivity contribution in [2.24, 2.45) is 0 Å². The van der Waals surface area contributed by atoms with Crippen molar-refractivity contribution in [1.29, 1.82) is 0 Å². The van der Waals surface area contributed by atoms with Crippen LogP contribution >= 0.6 is 0 Å². The van der Waals surface area contributed by atoms with Gasteiger partial charge in [-0.1, -0.05) is 6.07 Å². The van der Waals surface area contributed by atoms with Gasteiger partial charge in [-0.15, -0.1) is 0 Å². The minimum absolute atomic E-state index is 0.0333. The first-order valence-corrected chi connectivity index (χ1v) is 10.3. The van der Waals surface area contributed by atoms with E-state index in [1.807, 2.05) is 13.0 Å². The molecule has 1 aliphatic heterocycles. The van der Waals surface area contributed by atoms with E-state index in [1.165, 1.54) is 5.56 Å². The van der Waals surface area contributed by atoms with Gasteiger partial charge in [0.25, 0.3) is 0 Å². The third-order valence-corrected chi connectivity index (χ3v) is 6.52. The largest absolute Gasteiger partial charge is 0.493 e. The molecular weight excluding hydrogens is 380 g/mol. The van der Waals surface area contributed by atoms with Crippen LogP contribution in [0.4, 0.5) is 0 Å². The van der Waals surface area contributed by atoms with Crippen molar-refractivity contribution < 1.29 is 19.0 Å². The molecule has 2 aliphatic rings. The number of methoxy groups -OCH3 is 2. The molecule has 0 N–H and O–H groups in total. The number of carbonyl (C=O) groups excluding carboxylic acids is 1. The van der Waals surface area contributed by atoms with Gasteiger partial charge in [0, 0.05) is 24.1 Å². The molecule has 1 aliphatic carbocycles. The van der Waals surface area contributed by atoms with Gasteiger partial charge in [0.05, 0.1) is 25.5 Å². The van der Waals surface area contributed by atoms with E-state index in [9.17, 15) is 4.79 Å². The number of aryl methyl sites for hydroxylation is 1. The van der Waals surface area contributed by atoms with Gasteiger partial charge in [-0.2, -0.15) is 0 Å². The average Bonchev–Trinajstić information content (AvgIpc) is 3.10. The number of benzene rings is 1. The average molecular weight is 408 g/mol. The Labute approximate surface area is 177 Å². The Morgan fingerprint density at radius 1 is 1.17 bits per heavy atom. The first kappa shape index (κ1) is 20.4. The number of aromatic nitrogens is 1. The van der Waals surface area contributed by atoms with E-state index in [2.05, 4.69) is 35.1 Å². The summed E-state index contributed by atoms with van der Waals surface area (Å²) in [5.74, 6) is 1.86. The molecule has 2 aromatic rings. The van der Waals surface area contributed by atoms with Crippen LogP contribution < -0.4 is 9.47 Å². The predicted molar refractivity (Wildman–Crippen MR) is 114 cm³/mol. The number of hydrogen-bond acceptors (Lipinski definition) is 6. The van der Waals surface area contributed by atoms with E-state index in [4.69, 9.17) is 14.2 Å². The highest BCUT2D eigenvalue weighted by Crippen LogP contribution is 2.49. The molecule has 2 heterocycles. The second-order valence-electron chi connectivity index (χ2n) is 8.06. The summed E-state index contributed by atoms with van der Waals surface area (Å²) in [6, 6.07) is 9.87. The molecule has 30 heavy (non-hydrogen) atoms. The summed E-state index contributed by atoms with van der Waals surface area (Å²) < 4.78 is 16.7. The number of ether oxygens (including phenoxy) is 3. The van der Waals surface area contributed by atoms with Crippen LogP contribution in [0.2, 0.25) is 0 Å². The molecule has 6 nitrogen and oxygen atoms in total. The minimum atomic E-state index is -0.342. The quantitative estimate of drug-likeness (QED) is 0.700. The Kier molecular flexibility index (Phi) is 5.52. The molecule has 1 fully saturated rings. The smallest absolute Gasteiger partial charge is 0.345 e. The van der Waals surface area contributed by atoms with Crippen LogP contribution in [0.1, 0.15) is 40.9 Å². The van der Waals surface area contributed by atoms with Gasteiger partial charge < -0.3 is 14.2 Å². The van der Waals surface area contributed by atoms with Gasteiger partial charge in [-0.3, -0.25) is 9.88 Å². The zero-order valence-electron chi connectivity index (χ0n) is 18.0. The summed E-state index contributed by atoms with van der Waals surface area (Å²) in [6.07, 6.45) is 6.46. The van der Waals surface area contributed by atoms with Gasteiger partial charge >= 0.3 is 5.97 Å². The number of allylic oxidation sites excluding steroid dienone is 1. The summed E-state index contributed by atoms with van der Waals surface area (Å²) in [6.45, 7) is 2.80. The molecule has 6 heteroatoms. The van der Waals surface area contributed by atoms with E-state index in [-0.39, 0.29) is 17.4 Å². The number of likely N-dealkylation sites (N-methyl/N-ethyl adjacent to an activating group) is 1. The Hall–Kier alpha value is -2.86. The summed E-state index contributed by atoms with van der Waals surface area (Å²) >= 11 is 0. The van der Waals surface area contributed by atoms with Gasteiger partial charge in [-0.05, 0) is 69.3 Å². The number of fused-ring (bicyclic) bond motifs is 1. The molecule has 1 aromatic heterocycles. The maximum Gasteiger partial charge on any atom is 0.345 e. The van der Waals surface area contributed by atoms with Crippen LogP contribution in [-0.2, 0) is 10.2 Å². The molecule has 0 unspecified atom stereocenters. The fourth-order valence-electron chi connectivity index (χ4n) is 4.81. The molecule has 1 saturated heterocycles. The van der Waals surface area contributed by atoms with E-state index in [1.54, 1.807) is 32.5 Å². The van der Waals surface area contributed by atoms with Crippen LogP contribution in [0.5, 0.6) is 11.5 Å². The van der Waals surface area contributed by atoms with Crippen molar-refractivity contribution in [3.63, 3.8) is 0 Å². The first-order chi connectivity index (χ1) is 14.5. The normalized spacial score (nSPS) is 23.5.